The maximum absolute atomic E-state index is 14.5. The van der Waals surface area contributed by atoms with E-state index in [4.69, 9.17) is 23.7 Å². The summed E-state index contributed by atoms with van der Waals surface area (Å²) in [5, 5.41) is 15.6. The Morgan fingerprint density at radius 1 is 0.410 bits per heavy atom. The highest BCUT2D eigenvalue weighted by atomic mass is 16.6. The molecule has 0 aliphatic rings. The number of esters is 1. The number of alkyl carbamates (subject to hydrolysis) is 1. The Bertz CT molecular complexity index is 4360. The van der Waals surface area contributed by atoms with Crippen molar-refractivity contribution in [1.29, 1.82) is 0 Å². The summed E-state index contributed by atoms with van der Waals surface area (Å²) in [7, 11) is 0. The molecule has 0 saturated carbocycles. The molecule has 0 saturated heterocycles. The number of carbonyl (C=O) groups excluding carboxylic acids is 10. The number of nitrogens with one attached hydrogen (secondary N) is 6. The SMILES string of the molecule is CCOC(=O)CN(CCNC(=O)CN(CCNC(=O)CN(CCNC(=O)OC(C)(C)C)C(=O)Cn1cnc2c(NC(=O)OCc3ccccc3)ncnc21)C(=O)Cn1cnc2c(NC(=O)OCc3ccccc3)ncnc21)C(=O)Cn1cnc2c(NC(=O)OCc3ccccc3)ncnc21. The van der Waals surface area contributed by atoms with Crippen molar-refractivity contribution in [3.8, 4) is 0 Å². The molecule has 0 unspecified atom stereocenters. The number of benzene rings is 3. The first kappa shape index (κ1) is 71.5. The van der Waals surface area contributed by atoms with Gasteiger partial charge in [0.25, 0.3) is 0 Å². The van der Waals surface area contributed by atoms with Crippen LogP contribution < -0.4 is 31.9 Å². The molecule has 0 radical (unpaired) electrons. The summed E-state index contributed by atoms with van der Waals surface area (Å²) in [5.74, 6) is -4.21. The lowest BCUT2D eigenvalue weighted by Crippen LogP contribution is -2.49. The quantitative estimate of drug-likeness (QED) is 0.0267. The second kappa shape index (κ2) is 34.8. The van der Waals surface area contributed by atoms with Crippen LogP contribution in [-0.4, -0.2) is 204 Å². The van der Waals surface area contributed by atoms with Gasteiger partial charge in [-0.2, -0.15) is 0 Å². The standard InChI is InChI=1S/C64H71N21O15/c1-5-96-50(91)32-82(49(90)31-85-41-76-53-56(70-38-73-59(53)85)79-63(95)99-35-44-19-13-8-14-20-44)25-22-66-45(86)27-80(47(88)29-83-39-74-51-54(68-36-71-57(51)83)77-61(93)97-33-42-15-9-6-10-16-42)24-21-65-46(87)28-81(26-23-67-60(92)100-64(2,3)4)48(89)30-84-40-75-52-55(69-37-72-58(52)84)78-62(94)98-34-43-17-11-7-12-18-43/h6-20,36-41H,5,21-35H2,1-4H3,(H,65,87)(H,66,86)(H,67,92)(H,68,71,77,93)(H,69,72,78,94)(H,70,73,79,95). The van der Waals surface area contributed by atoms with Crippen molar-refractivity contribution in [2.24, 2.45) is 0 Å². The number of hydrogen-bond donors (Lipinski definition) is 6. The van der Waals surface area contributed by atoms with Gasteiger partial charge < -0.3 is 68.0 Å². The summed E-state index contributed by atoms with van der Waals surface area (Å²) in [6.45, 7) is 1.95. The van der Waals surface area contributed by atoms with Crippen LogP contribution in [0.1, 0.15) is 44.4 Å². The van der Waals surface area contributed by atoms with E-state index in [1.807, 2.05) is 18.2 Å². The van der Waals surface area contributed by atoms with Crippen molar-refractivity contribution in [2.75, 3.05) is 81.5 Å². The third kappa shape index (κ3) is 21.1. The van der Waals surface area contributed by atoms with Crippen molar-refractivity contribution < 1.29 is 71.6 Å². The predicted octanol–water partition coefficient (Wildman–Crippen LogP) is 3.56. The fraction of sp³-hybridized carbons (Fsp3) is 0.328. The van der Waals surface area contributed by atoms with Gasteiger partial charge in [-0.15, -0.1) is 0 Å². The van der Waals surface area contributed by atoms with Gasteiger partial charge in [0.05, 0.1) is 38.7 Å². The molecule has 100 heavy (non-hydrogen) atoms. The Morgan fingerprint density at radius 3 is 1.07 bits per heavy atom. The van der Waals surface area contributed by atoms with Gasteiger partial charge in [0, 0.05) is 39.3 Å². The zero-order valence-corrected chi connectivity index (χ0v) is 54.8. The van der Waals surface area contributed by atoms with E-state index in [0.717, 1.165) is 50.4 Å². The van der Waals surface area contributed by atoms with Crippen molar-refractivity contribution in [2.45, 2.75) is 72.8 Å². The zero-order valence-electron chi connectivity index (χ0n) is 54.8. The van der Waals surface area contributed by atoms with Crippen molar-refractivity contribution in [3.63, 3.8) is 0 Å². The lowest BCUT2D eigenvalue weighted by Gasteiger charge is -2.25. The smallest absolute Gasteiger partial charge is 0.413 e. The van der Waals surface area contributed by atoms with Crippen LogP contribution in [0.15, 0.2) is 129 Å². The maximum Gasteiger partial charge on any atom is 0.413 e. The number of amides is 9. The summed E-state index contributed by atoms with van der Waals surface area (Å²) < 4.78 is 30.6. The Balaban J connectivity index is 0.869. The van der Waals surface area contributed by atoms with E-state index in [1.165, 1.54) is 32.7 Å². The van der Waals surface area contributed by atoms with E-state index >= 15 is 0 Å². The van der Waals surface area contributed by atoms with Gasteiger partial charge in [-0.3, -0.25) is 44.7 Å². The number of carbonyl (C=O) groups is 10. The third-order valence-electron chi connectivity index (χ3n) is 14.2. The number of aromatic nitrogens is 12. The average Bonchev–Trinajstić information content (AvgIpc) is 1.66. The minimum Gasteiger partial charge on any atom is -0.465 e. The fourth-order valence-corrected chi connectivity index (χ4v) is 9.53. The monoisotopic (exact) mass is 1370 g/mol. The number of imidazole rings is 3. The van der Waals surface area contributed by atoms with E-state index < -0.39 is 105 Å². The van der Waals surface area contributed by atoms with Gasteiger partial charge in [0.15, 0.2) is 50.9 Å². The molecule has 0 aliphatic carbocycles. The number of hydrogen-bond acceptors (Lipinski definition) is 24. The predicted molar refractivity (Wildman–Crippen MR) is 353 cm³/mol. The molecule has 0 spiro atoms. The van der Waals surface area contributed by atoms with Gasteiger partial charge in [-0.05, 0) is 44.4 Å². The van der Waals surface area contributed by atoms with E-state index in [0.29, 0.717) is 0 Å². The van der Waals surface area contributed by atoms with E-state index in [-0.39, 0.29) is 117 Å². The highest BCUT2D eigenvalue weighted by Crippen LogP contribution is 2.22. The fourth-order valence-electron chi connectivity index (χ4n) is 9.53. The van der Waals surface area contributed by atoms with Crippen LogP contribution in [0.5, 0.6) is 0 Å². The number of fused-ring (bicyclic) bond motifs is 3. The Kier molecular flexibility index (Phi) is 24.8. The molecule has 6 aromatic heterocycles. The number of ether oxygens (including phenoxy) is 5. The van der Waals surface area contributed by atoms with Crippen LogP contribution in [-0.2, 0) is 91.9 Å². The van der Waals surface area contributed by atoms with Crippen molar-refractivity contribution in [3.05, 3.63) is 146 Å². The number of anilines is 3. The lowest BCUT2D eigenvalue weighted by molar-refractivity contribution is -0.149. The van der Waals surface area contributed by atoms with E-state index in [9.17, 15) is 47.9 Å². The van der Waals surface area contributed by atoms with Crippen LogP contribution in [0, 0.1) is 0 Å². The van der Waals surface area contributed by atoms with Crippen LogP contribution in [0.2, 0.25) is 0 Å². The number of rotatable bonds is 31. The molecule has 36 nitrogen and oxygen atoms in total. The van der Waals surface area contributed by atoms with Crippen LogP contribution in [0.3, 0.4) is 0 Å². The minimum absolute atomic E-state index is 0.000425. The third-order valence-corrected chi connectivity index (χ3v) is 14.2. The van der Waals surface area contributed by atoms with Gasteiger partial charge in [-0.1, -0.05) is 91.0 Å². The highest BCUT2D eigenvalue weighted by molar-refractivity contribution is 5.96. The van der Waals surface area contributed by atoms with Gasteiger partial charge in [0.2, 0.25) is 29.5 Å². The highest BCUT2D eigenvalue weighted by Gasteiger charge is 2.27. The molecular weight excluding hydrogens is 1300 g/mol. The Labute approximate surface area is 569 Å². The molecule has 3 aromatic carbocycles. The van der Waals surface area contributed by atoms with Gasteiger partial charge in [-0.25, -0.2) is 64.0 Å². The molecule has 36 heteroatoms. The molecular formula is C64H71N21O15. The second-order valence-electron chi connectivity index (χ2n) is 22.7. The molecule has 6 N–H and O–H groups in total. The largest absolute Gasteiger partial charge is 0.465 e. The molecule has 0 fully saturated rings. The summed E-state index contributed by atoms with van der Waals surface area (Å²) in [6.07, 6.45) is 4.04. The summed E-state index contributed by atoms with van der Waals surface area (Å²) in [4.78, 5) is 176. The molecule has 9 rings (SSSR count). The maximum atomic E-state index is 14.5. The summed E-state index contributed by atoms with van der Waals surface area (Å²) in [5.41, 5.74) is 2.11. The molecule has 0 atom stereocenters. The molecule has 0 aliphatic heterocycles. The van der Waals surface area contributed by atoms with Gasteiger partial charge >= 0.3 is 30.3 Å². The van der Waals surface area contributed by atoms with Crippen molar-refractivity contribution in [1.82, 2.24) is 89.2 Å². The van der Waals surface area contributed by atoms with Crippen LogP contribution in [0.25, 0.3) is 33.5 Å². The summed E-state index contributed by atoms with van der Waals surface area (Å²) in [6, 6.07) is 26.9. The Morgan fingerprint density at radius 2 is 0.740 bits per heavy atom. The zero-order chi connectivity index (χ0) is 71.0. The molecule has 6 heterocycles. The molecule has 522 valence electrons. The first-order chi connectivity index (χ1) is 48.2. The topological polar surface area (TPSA) is 430 Å². The van der Waals surface area contributed by atoms with E-state index in [2.05, 4.69) is 76.8 Å². The Hall–Kier alpha value is -12.8. The van der Waals surface area contributed by atoms with Crippen LogP contribution in [0.4, 0.5) is 36.6 Å². The first-order valence-corrected chi connectivity index (χ1v) is 31.2. The van der Waals surface area contributed by atoms with Crippen LogP contribution >= 0.6 is 0 Å². The summed E-state index contributed by atoms with van der Waals surface area (Å²) >= 11 is 0. The molecule has 0 bridgehead atoms. The molecule has 9 aromatic rings. The minimum atomic E-state index is -0.854. The normalized spacial score (nSPS) is 11.0. The average molecular weight is 1370 g/mol. The van der Waals surface area contributed by atoms with E-state index in [1.54, 1.807) is 100 Å². The lowest BCUT2D eigenvalue weighted by atomic mass is 10.2. The number of nitrogens with zero attached hydrogens (tertiary/aromatic N) is 15. The van der Waals surface area contributed by atoms with Gasteiger partial charge in [0.1, 0.15) is 70.6 Å². The second-order valence-corrected chi connectivity index (χ2v) is 22.7. The first-order valence-electron chi connectivity index (χ1n) is 31.2. The van der Waals surface area contributed by atoms with Crippen molar-refractivity contribution >= 4 is 111 Å². The molecule has 9 amide bonds.